The number of hydrogen-bond acceptors (Lipinski definition) is 3. The monoisotopic (exact) mass is 316 g/mol. The first-order chi connectivity index (χ1) is 9.84. The van der Waals surface area contributed by atoms with Crippen LogP contribution in [-0.4, -0.2) is 12.1 Å². The summed E-state index contributed by atoms with van der Waals surface area (Å²) in [5.41, 5.74) is 5.38. The number of methoxy groups -OCH3 is 1. The topological polar surface area (TPSA) is 48.1 Å². The van der Waals surface area contributed by atoms with Crippen LogP contribution in [0.2, 0.25) is 5.02 Å². The van der Waals surface area contributed by atoms with Crippen molar-refractivity contribution in [1.29, 1.82) is 0 Å². The molecule has 0 aliphatic carbocycles. The predicted octanol–water partition coefficient (Wildman–Crippen LogP) is 3.81. The van der Waals surface area contributed by atoms with E-state index in [1.807, 2.05) is 0 Å². The SMILES string of the molecule is COc1ccc(Cl)cc1C(N)c1cnccc1C(F)(F)F. The molecule has 0 aliphatic rings. The summed E-state index contributed by atoms with van der Waals surface area (Å²) in [5, 5.41) is 0.360. The Bertz CT molecular complexity index is 646. The van der Waals surface area contributed by atoms with Gasteiger partial charge in [0.1, 0.15) is 5.75 Å². The maximum absolute atomic E-state index is 13.0. The van der Waals surface area contributed by atoms with Gasteiger partial charge in [-0.15, -0.1) is 0 Å². The summed E-state index contributed by atoms with van der Waals surface area (Å²) in [6.07, 6.45) is -2.33. The highest BCUT2D eigenvalue weighted by Crippen LogP contribution is 2.37. The molecule has 1 heterocycles. The van der Waals surface area contributed by atoms with Crippen LogP contribution in [0.25, 0.3) is 0 Å². The van der Waals surface area contributed by atoms with Crippen LogP contribution in [0.3, 0.4) is 0 Å². The fourth-order valence-corrected chi connectivity index (χ4v) is 2.21. The molecular formula is C14H12ClF3N2O. The number of pyridine rings is 1. The third kappa shape index (κ3) is 3.28. The summed E-state index contributed by atoms with van der Waals surface area (Å²) >= 11 is 5.89. The van der Waals surface area contributed by atoms with E-state index in [-0.39, 0.29) is 5.56 Å². The predicted molar refractivity (Wildman–Crippen MR) is 73.3 cm³/mol. The number of nitrogens with zero attached hydrogens (tertiary/aromatic N) is 1. The van der Waals surface area contributed by atoms with Gasteiger partial charge in [0.05, 0.1) is 18.7 Å². The average molecular weight is 317 g/mol. The van der Waals surface area contributed by atoms with Gasteiger partial charge in [-0.1, -0.05) is 11.6 Å². The van der Waals surface area contributed by atoms with E-state index < -0.39 is 17.8 Å². The fraction of sp³-hybridized carbons (Fsp3) is 0.214. The molecule has 1 unspecified atom stereocenters. The zero-order chi connectivity index (χ0) is 15.6. The molecule has 21 heavy (non-hydrogen) atoms. The lowest BCUT2D eigenvalue weighted by Crippen LogP contribution is -2.19. The summed E-state index contributed by atoms with van der Waals surface area (Å²) in [5.74, 6) is 0.365. The van der Waals surface area contributed by atoms with Crippen LogP contribution >= 0.6 is 11.6 Å². The van der Waals surface area contributed by atoms with Crippen molar-refractivity contribution in [2.45, 2.75) is 12.2 Å². The third-order valence-electron chi connectivity index (χ3n) is 3.02. The zero-order valence-electron chi connectivity index (χ0n) is 11.0. The van der Waals surface area contributed by atoms with Crippen molar-refractivity contribution >= 4 is 11.6 Å². The van der Waals surface area contributed by atoms with Crippen molar-refractivity contribution < 1.29 is 17.9 Å². The number of rotatable bonds is 3. The third-order valence-corrected chi connectivity index (χ3v) is 3.25. The Morgan fingerprint density at radius 2 is 1.95 bits per heavy atom. The largest absolute Gasteiger partial charge is 0.496 e. The van der Waals surface area contributed by atoms with Gasteiger partial charge in [0.2, 0.25) is 0 Å². The minimum Gasteiger partial charge on any atom is -0.496 e. The van der Waals surface area contributed by atoms with Crippen LogP contribution in [0.5, 0.6) is 5.75 Å². The second-order valence-electron chi connectivity index (χ2n) is 4.32. The average Bonchev–Trinajstić information content (AvgIpc) is 2.45. The molecule has 2 rings (SSSR count). The highest BCUT2D eigenvalue weighted by molar-refractivity contribution is 6.30. The molecule has 1 aromatic carbocycles. The molecule has 0 saturated carbocycles. The lowest BCUT2D eigenvalue weighted by molar-refractivity contribution is -0.138. The second-order valence-corrected chi connectivity index (χ2v) is 4.76. The highest BCUT2D eigenvalue weighted by Gasteiger charge is 2.35. The molecule has 1 atom stereocenters. The lowest BCUT2D eigenvalue weighted by atomic mass is 9.96. The van der Waals surface area contributed by atoms with Gasteiger partial charge in [-0.2, -0.15) is 13.2 Å². The lowest BCUT2D eigenvalue weighted by Gasteiger charge is -2.20. The smallest absolute Gasteiger partial charge is 0.416 e. The number of benzene rings is 1. The Balaban J connectivity index is 2.56. The van der Waals surface area contributed by atoms with Crippen molar-refractivity contribution in [3.63, 3.8) is 0 Å². The van der Waals surface area contributed by atoms with Gasteiger partial charge in [-0.25, -0.2) is 0 Å². The normalized spacial score (nSPS) is 13.0. The maximum atomic E-state index is 13.0. The molecule has 2 N–H and O–H groups in total. The highest BCUT2D eigenvalue weighted by atomic mass is 35.5. The van der Waals surface area contributed by atoms with Crippen molar-refractivity contribution in [1.82, 2.24) is 4.98 Å². The molecule has 0 aliphatic heterocycles. The molecule has 2 aromatic rings. The van der Waals surface area contributed by atoms with Crippen LogP contribution in [0.1, 0.15) is 22.7 Å². The van der Waals surface area contributed by atoms with Gasteiger partial charge in [0.15, 0.2) is 0 Å². The maximum Gasteiger partial charge on any atom is 0.416 e. The number of hydrogen-bond donors (Lipinski definition) is 1. The number of ether oxygens (including phenoxy) is 1. The minimum absolute atomic E-state index is 0.134. The summed E-state index contributed by atoms with van der Waals surface area (Å²) in [4.78, 5) is 3.73. The molecule has 0 saturated heterocycles. The van der Waals surface area contributed by atoms with Gasteiger partial charge in [0, 0.05) is 28.5 Å². The molecule has 0 radical (unpaired) electrons. The first kappa shape index (κ1) is 15.6. The first-order valence-electron chi connectivity index (χ1n) is 5.94. The molecule has 0 bridgehead atoms. The van der Waals surface area contributed by atoms with Crippen LogP contribution < -0.4 is 10.5 Å². The van der Waals surface area contributed by atoms with Crippen LogP contribution in [0.4, 0.5) is 13.2 Å². The Morgan fingerprint density at radius 1 is 1.24 bits per heavy atom. The van der Waals surface area contributed by atoms with E-state index in [0.29, 0.717) is 16.3 Å². The first-order valence-corrected chi connectivity index (χ1v) is 6.32. The van der Waals surface area contributed by atoms with E-state index in [2.05, 4.69) is 4.98 Å². The summed E-state index contributed by atoms with van der Waals surface area (Å²) in [7, 11) is 1.41. The Kier molecular flexibility index (Phi) is 4.39. The number of alkyl halides is 3. The summed E-state index contributed by atoms with van der Waals surface area (Å²) < 4.78 is 44.3. The van der Waals surface area contributed by atoms with Crippen LogP contribution in [0, 0.1) is 0 Å². The minimum atomic E-state index is -4.51. The number of nitrogens with two attached hydrogens (primary N) is 1. The Labute approximate surface area is 124 Å². The summed E-state index contributed by atoms with van der Waals surface area (Å²) in [6.45, 7) is 0. The molecule has 0 fully saturated rings. The summed E-state index contributed by atoms with van der Waals surface area (Å²) in [6, 6.07) is 4.46. The molecule has 0 amide bonds. The van der Waals surface area contributed by atoms with E-state index in [9.17, 15) is 13.2 Å². The zero-order valence-corrected chi connectivity index (χ0v) is 11.7. The van der Waals surface area contributed by atoms with Gasteiger partial charge in [-0.05, 0) is 24.3 Å². The quantitative estimate of drug-likeness (QED) is 0.936. The van der Waals surface area contributed by atoms with E-state index in [1.165, 1.54) is 13.2 Å². The van der Waals surface area contributed by atoms with E-state index in [4.69, 9.17) is 22.1 Å². The van der Waals surface area contributed by atoms with Crippen molar-refractivity contribution in [3.8, 4) is 5.75 Å². The number of aromatic nitrogens is 1. The van der Waals surface area contributed by atoms with E-state index in [1.54, 1.807) is 12.1 Å². The second kappa shape index (κ2) is 5.91. The fourth-order valence-electron chi connectivity index (χ4n) is 2.03. The van der Waals surface area contributed by atoms with E-state index >= 15 is 0 Å². The van der Waals surface area contributed by atoms with Crippen molar-refractivity contribution in [2.75, 3.05) is 7.11 Å². The standard InChI is InChI=1S/C14H12ClF3N2O/c1-21-12-3-2-8(15)6-9(12)13(19)10-7-20-5-4-11(10)14(16,17)18/h2-7,13H,19H2,1H3. The van der Waals surface area contributed by atoms with Gasteiger partial charge in [0.25, 0.3) is 0 Å². The molecule has 0 spiro atoms. The number of halogens is 4. The molecule has 3 nitrogen and oxygen atoms in total. The van der Waals surface area contributed by atoms with Gasteiger partial charge < -0.3 is 10.5 Å². The van der Waals surface area contributed by atoms with Crippen LogP contribution in [-0.2, 0) is 6.18 Å². The van der Waals surface area contributed by atoms with Gasteiger partial charge in [-0.3, -0.25) is 4.98 Å². The molecule has 7 heteroatoms. The van der Waals surface area contributed by atoms with Crippen LogP contribution in [0.15, 0.2) is 36.7 Å². The molecule has 112 valence electrons. The Hall–Kier alpha value is -1.79. The molecule has 1 aromatic heterocycles. The van der Waals surface area contributed by atoms with E-state index in [0.717, 1.165) is 18.5 Å². The Morgan fingerprint density at radius 3 is 2.57 bits per heavy atom. The van der Waals surface area contributed by atoms with Gasteiger partial charge >= 0.3 is 6.18 Å². The van der Waals surface area contributed by atoms with Crippen molar-refractivity contribution in [2.24, 2.45) is 5.73 Å². The van der Waals surface area contributed by atoms with Crippen molar-refractivity contribution in [3.05, 3.63) is 58.4 Å². The molecular weight excluding hydrogens is 305 g/mol.